The minimum Gasteiger partial charge on any atom is -0.454 e. The highest BCUT2D eigenvalue weighted by Crippen LogP contribution is 2.22. The molecule has 0 atom stereocenters. The fourth-order valence-electron chi connectivity index (χ4n) is 3.26. The number of esters is 1. The van der Waals surface area contributed by atoms with Gasteiger partial charge in [0.05, 0.1) is 4.90 Å². The first-order valence-corrected chi connectivity index (χ1v) is 11.4. The highest BCUT2D eigenvalue weighted by Gasteiger charge is 2.18. The summed E-state index contributed by atoms with van der Waals surface area (Å²) in [4.78, 5) is 24.6. The Bertz CT molecular complexity index is 1310. The van der Waals surface area contributed by atoms with Crippen molar-refractivity contribution in [1.29, 1.82) is 0 Å². The molecule has 0 aliphatic heterocycles. The van der Waals surface area contributed by atoms with E-state index in [1.165, 1.54) is 18.2 Å². The number of benzene rings is 2. The van der Waals surface area contributed by atoms with Gasteiger partial charge in [0.2, 0.25) is 15.8 Å². The lowest BCUT2D eigenvalue weighted by atomic mass is 10.1. The van der Waals surface area contributed by atoms with Crippen molar-refractivity contribution in [2.75, 3.05) is 6.61 Å². The Kier molecular flexibility index (Phi) is 6.98. The molecule has 166 valence electrons. The Labute approximate surface area is 191 Å². The van der Waals surface area contributed by atoms with Crippen molar-refractivity contribution < 1.29 is 22.7 Å². The first-order valence-electron chi connectivity index (χ1n) is 9.52. The van der Waals surface area contributed by atoms with Crippen LogP contribution in [0.25, 0.3) is 11.8 Å². The number of aryl methyl sites for hydroxylation is 1. The van der Waals surface area contributed by atoms with Crippen molar-refractivity contribution in [1.82, 2.24) is 4.57 Å². The van der Waals surface area contributed by atoms with E-state index in [4.69, 9.17) is 21.5 Å². The van der Waals surface area contributed by atoms with Crippen molar-refractivity contribution in [3.05, 3.63) is 88.2 Å². The third-order valence-electron chi connectivity index (χ3n) is 4.76. The summed E-state index contributed by atoms with van der Waals surface area (Å²) in [5, 5.41) is 5.68. The fourth-order valence-corrected chi connectivity index (χ4v) is 3.98. The highest BCUT2D eigenvalue weighted by molar-refractivity contribution is 7.89. The van der Waals surface area contributed by atoms with Crippen molar-refractivity contribution in [3.63, 3.8) is 0 Å². The van der Waals surface area contributed by atoms with E-state index in [-0.39, 0.29) is 10.7 Å². The number of carbonyl (C=O) groups excluding carboxylic acids is 2. The van der Waals surface area contributed by atoms with Crippen LogP contribution in [0.3, 0.4) is 0 Å². The van der Waals surface area contributed by atoms with Crippen LogP contribution in [0, 0.1) is 13.8 Å². The van der Waals surface area contributed by atoms with Crippen LogP contribution in [-0.4, -0.2) is 31.3 Å². The number of carbonyl (C=O) groups is 2. The van der Waals surface area contributed by atoms with Crippen LogP contribution in [0.2, 0.25) is 5.02 Å². The molecule has 1 heterocycles. The van der Waals surface area contributed by atoms with E-state index in [2.05, 4.69) is 0 Å². The van der Waals surface area contributed by atoms with Crippen LogP contribution in [0.15, 0.2) is 65.6 Å². The fraction of sp³-hybridized carbons (Fsp3) is 0.130. The van der Waals surface area contributed by atoms with Gasteiger partial charge in [0.1, 0.15) is 0 Å². The van der Waals surface area contributed by atoms with Crippen molar-refractivity contribution in [2.45, 2.75) is 18.7 Å². The lowest BCUT2D eigenvalue weighted by Gasteiger charge is -2.10. The van der Waals surface area contributed by atoms with Crippen LogP contribution in [0.4, 0.5) is 0 Å². The number of halogens is 1. The van der Waals surface area contributed by atoms with E-state index in [9.17, 15) is 18.0 Å². The maximum Gasteiger partial charge on any atom is 0.331 e. The van der Waals surface area contributed by atoms with Gasteiger partial charge in [0.15, 0.2) is 6.61 Å². The normalized spacial score (nSPS) is 11.6. The summed E-state index contributed by atoms with van der Waals surface area (Å²) < 4.78 is 29.8. The average Bonchev–Trinajstić information content (AvgIpc) is 3.04. The number of ether oxygens (including phenoxy) is 1. The number of aromatic nitrogens is 1. The molecule has 9 heteroatoms. The second-order valence-corrected chi connectivity index (χ2v) is 9.08. The number of Topliss-reactive ketones (excluding diaryl/α,β-unsaturated/α-hetero) is 1. The van der Waals surface area contributed by atoms with Crippen LogP contribution >= 0.6 is 11.6 Å². The number of nitrogens with two attached hydrogens (primary N) is 1. The number of sulfonamides is 1. The number of ketones is 1. The first kappa shape index (κ1) is 23.5. The molecule has 2 N–H and O–H groups in total. The van der Waals surface area contributed by atoms with Crippen LogP contribution in [-0.2, 0) is 19.6 Å². The Hall–Kier alpha value is -3.20. The molecule has 32 heavy (non-hydrogen) atoms. The summed E-state index contributed by atoms with van der Waals surface area (Å²) in [5.74, 6) is -0.999. The Morgan fingerprint density at radius 3 is 2.41 bits per heavy atom. The molecule has 3 aromatic rings. The quantitative estimate of drug-likeness (QED) is 0.319. The molecule has 0 aliphatic rings. The van der Waals surface area contributed by atoms with Crippen molar-refractivity contribution in [3.8, 4) is 5.69 Å². The van der Waals surface area contributed by atoms with Gasteiger partial charge in [-0.15, -0.1) is 0 Å². The molecular weight excluding hydrogens is 452 g/mol. The number of nitrogens with zero attached hydrogens (tertiary/aromatic N) is 1. The third kappa shape index (κ3) is 5.53. The summed E-state index contributed by atoms with van der Waals surface area (Å²) in [6, 6.07) is 14.7. The molecule has 0 fully saturated rings. The molecule has 0 saturated carbocycles. The summed E-state index contributed by atoms with van der Waals surface area (Å²) in [6.07, 6.45) is 2.78. The van der Waals surface area contributed by atoms with Gasteiger partial charge in [0.25, 0.3) is 0 Å². The van der Waals surface area contributed by atoms with Crippen LogP contribution < -0.4 is 5.14 Å². The Morgan fingerprint density at radius 1 is 1.09 bits per heavy atom. The van der Waals surface area contributed by atoms with Gasteiger partial charge in [-0.25, -0.2) is 18.4 Å². The molecule has 3 rings (SSSR count). The zero-order valence-corrected chi connectivity index (χ0v) is 19.0. The molecule has 0 amide bonds. The molecule has 0 unspecified atom stereocenters. The third-order valence-corrected chi connectivity index (χ3v) is 5.93. The van der Waals surface area contributed by atoms with Crippen LogP contribution in [0.1, 0.15) is 27.3 Å². The van der Waals surface area contributed by atoms with E-state index >= 15 is 0 Å². The number of rotatable bonds is 7. The topological polar surface area (TPSA) is 108 Å². The van der Waals surface area contributed by atoms with Crippen LogP contribution in [0.5, 0.6) is 0 Å². The number of primary sulfonamides is 1. The summed E-state index contributed by atoms with van der Waals surface area (Å²) in [6.45, 7) is 3.17. The van der Waals surface area contributed by atoms with E-state index in [1.807, 2.05) is 6.92 Å². The van der Waals surface area contributed by atoms with Gasteiger partial charge in [-0.1, -0.05) is 23.7 Å². The smallest absolute Gasteiger partial charge is 0.331 e. The Morgan fingerprint density at radius 2 is 1.78 bits per heavy atom. The standard InChI is InChI=1S/C23H21ClN2O5S/c1-15-12-21(16(2)26(15)19-7-9-20(10-8-19)32(25,29)30)22(27)14-31-23(28)11-6-17-4-3-5-18(24)13-17/h3-13H,14H2,1-2H3,(H2,25,29,30)/b11-6+. The minimum absolute atomic E-state index is 0.00208. The van der Waals surface area contributed by atoms with Crippen molar-refractivity contribution in [2.24, 2.45) is 5.14 Å². The molecule has 0 saturated heterocycles. The molecule has 0 aliphatic carbocycles. The number of hydrogen-bond acceptors (Lipinski definition) is 5. The maximum absolute atomic E-state index is 12.6. The monoisotopic (exact) mass is 472 g/mol. The Balaban J connectivity index is 1.71. The van der Waals surface area contributed by atoms with E-state index in [1.54, 1.807) is 60.0 Å². The number of hydrogen-bond donors (Lipinski definition) is 1. The largest absolute Gasteiger partial charge is 0.454 e. The average molecular weight is 473 g/mol. The van der Waals surface area contributed by atoms with Gasteiger partial charge in [0, 0.05) is 33.7 Å². The second kappa shape index (κ2) is 9.52. The highest BCUT2D eigenvalue weighted by atomic mass is 35.5. The van der Waals surface area contributed by atoms with Gasteiger partial charge >= 0.3 is 5.97 Å². The maximum atomic E-state index is 12.6. The molecule has 0 spiro atoms. The predicted molar refractivity (Wildman–Crippen MR) is 122 cm³/mol. The first-order chi connectivity index (χ1) is 15.1. The predicted octanol–water partition coefficient (Wildman–Crippen LogP) is 3.83. The van der Waals surface area contributed by atoms with Gasteiger partial charge in [-0.2, -0.15) is 0 Å². The molecule has 0 bridgehead atoms. The summed E-state index contributed by atoms with van der Waals surface area (Å²) in [5.41, 5.74) is 3.22. The van der Waals surface area contributed by atoms with Gasteiger partial charge in [-0.05, 0) is 68.0 Å². The zero-order chi connectivity index (χ0) is 23.5. The molecule has 1 aromatic heterocycles. The molecular formula is C23H21ClN2O5S. The zero-order valence-electron chi connectivity index (χ0n) is 17.4. The molecule has 2 aromatic carbocycles. The lowest BCUT2D eigenvalue weighted by molar-refractivity contribution is -0.136. The molecule has 0 radical (unpaired) electrons. The summed E-state index contributed by atoms with van der Waals surface area (Å²) >= 11 is 5.90. The van der Waals surface area contributed by atoms with Gasteiger partial charge < -0.3 is 9.30 Å². The lowest BCUT2D eigenvalue weighted by Crippen LogP contribution is -2.13. The minimum atomic E-state index is -3.79. The van der Waals surface area contributed by atoms with Gasteiger partial charge in [-0.3, -0.25) is 4.79 Å². The SMILES string of the molecule is Cc1cc(C(=O)COC(=O)/C=C/c2cccc(Cl)c2)c(C)n1-c1ccc(S(N)(=O)=O)cc1. The summed E-state index contributed by atoms with van der Waals surface area (Å²) in [7, 11) is -3.79. The molecule has 7 nitrogen and oxygen atoms in total. The van der Waals surface area contributed by atoms with E-state index in [0.717, 1.165) is 11.3 Å². The van der Waals surface area contributed by atoms with E-state index < -0.39 is 22.6 Å². The second-order valence-electron chi connectivity index (χ2n) is 7.08. The van der Waals surface area contributed by atoms with E-state index in [0.29, 0.717) is 22.0 Å². The van der Waals surface area contributed by atoms with Crippen molar-refractivity contribution >= 4 is 39.5 Å².